The van der Waals surface area contributed by atoms with Crippen LogP contribution < -0.4 is 10.5 Å². The van der Waals surface area contributed by atoms with Gasteiger partial charge in [-0.2, -0.15) is 0 Å². The van der Waals surface area contributed by atoms with E-state index in [1.165, 1.54) is 5.56 Å². The second kappa shape index (κ2) is 6.29. The maximum absolute atomic E-state index is 6.23. The van der Waals surface area contributed by atoms with Crippen molar-refractivity contribution in [2.24, 2.45) is 5.73 Å². The zero-order chi connectivity index (χ0) is 13.7. The third kappa shape index (κ3) is 3.29. The van der Waals surface area contributed by atoms with Gasteiger partial charge in [0.2, 0.25) is 5.88 Å². The fourth-order valence-electron chi connectivity index (χ4n) is 2.01. The van der Waals surface area contributed by atoms with E-state index in [-0.39, 0.29) is 6.04 Å². The van der Waals surface area contributed by atoms with E-state index in [1.807, 2.05) is 18.2 Å². The van der Waals surface area contributed by atoms with Gasteiger partial charge in [-0.3, -0.25) is 0 Å². The lowest BCUT2D eigenvalue weighted by Crippen LogP contribution is -2.14. The van der Waals surface area contributed by atoms with E-state index in [9.17, 15) is 0 Å². The topological polar surface area (TPSA) is 61.0 Å². The van der Waals surface area contributed by atoms with Crippen LogP contribution in [0, 0.1) is 0 Å². The molecule has 1 heterocycles. The highest BCUT2D eigenvalue weighted by molar-refractivity contribution is 5.31. The first-order valence-electron chi connectivity index (χ1n) is 6.46. The number of hydrogen-bond acceptors (Lipinski definition) is 4. The van der Waals surface area contributed by atoms with Gasteiger partial charge < -0.3 is 10.5 Å². The molecule has 0 amide bonds. The summed E-state index contributed by atoms with van der Waals surface area (Å²) in [5.74, 6) is 0.496. The number of hydrogen-bond donors (Lipinski definition) is 1. The Labute approximate surface area is 113 Å². The quantitative estimate of drug-likeness (QED) is 0.894. The Morgan fingerprint density at radius 2 is 2.05 bits per heavy atom. The van der Waals surface area contributed by atoms with Crippen molar-refractivity contribution in [1.82, 2.24) is 10.2 Å². The number of aryl methyl sites for hydroxylation is 1. The lowest BCUT2D eigenvalue weighted by Gasteiger charge is -2.12. The Morgan fingerprint density at radius 1 is 1.21 bits per heavy atom. The minimum Gasteiger partial charge on any atom is -0.480 e. The van der Waals surface area contributed by atoms with Crippen LogP contribution in [0.3, 0.4) is 0 Å². The van der Waals surface area contributed by atoms with Gasteiger partial charge in [0.05, 0.1) is 18.8 Å². The van der Waals surface area contributed by atoms with Crippen LogP contribution in [0.2, 0.25) is 0 Å². The summed E-state index contributed by atoms with van der Waals surface area (Å²) in [5, 5.41) is 8.05. The van der Waals surface area contributed by atoms with Crippen molar-refractivity contribution in [3.63, 3.8) is 0 Å². The molecule has 0 aliphatic rings. The summed E-state index contributed by atoms with van der Waals surface area (Å²) in [7, 11) is 1.57. The van der Waals surface area contributed by atoms with Crippen LogP contribution in [0.25, 0.3) is 0 Å². The first kappa shape index (κ1) is 13.5. The van der Waals surface area contributed by atoms with E-state index in [0.717, 1.165) is 24.1 Å². The van der Waals surface area contributed by atoms with Gasteiger partial charge in [0.25, 0.3) is 0 Å². The molecule has 1 aromatic carbocycles. The first-order valence-corrected chi connectivity index (χ1v) is 6.46. The van der Waals surface area contributed by atoms with Gasteiger partial charge >= 0.3 is 0 Å². The molecule has 2 aromatic rings. The molecule has 4 nitrogen and oxygen atoms in total. The van der Waals surface area contributed by atoms with Crippen molar-refractivity contribution in [2.45, 2.75) is 25.8 Å². The van der Waals surface area contributed by atoms with Gasteiger partial charge in [-0.25, -0.2) is 0 Å². The molecule has 1 atom stereocenters. The van der Waals surface area contributed by atoms with Crippen LogP contribution in [0.5, 0.6) is 5.88 Å². The monoisotopic (exact) mass is 257 g/mol. The van der Waals surface area contributed by atoms with Crippen LogP contribution >= 0.6 is 0 Å². The molecule has 0 spiro atoms. The lowest BCUT2D eigenvalue weighted by molar-refractivity contribution is 0.390. The van der Waals surface area contributed by atoms with E-state index in [1.54, 1.807) is 13.2 Å². The molecule has 0 fully saturated rings. The Balaban J connectivity index is 2.22. The number of rotatable bonds is 5. The molecule has 4 heteroatoms. The van der Waals surface area contributed by atoms with E-state index >= 15 is 0 Å². The van der Waals surface area contributed by atoms with Crippen molar-refractivity contribution in [2.75, 3.05) is 7.11 Å². The SMILES string of the molecule is CCCc1cccc(C(N)c2ccc(OC)nn2)c1. The van der Waals surface area contributed by atoms with Gasteiger partial charge in [-0.15, -0.1) is 10.2 Å². The molecule has 0 saturated heterocycles. The second-order valence-electron chi connectivity index (χ2n) is 4.47. The van der Waals surface area contributed by atoms with Crippen molar-refractivity contribution < 1.29 is 4.74 Å². The van der Waals surface area contributed by atoms with Crippen LogP contribution in [-0.4, -0.2) is 17.3 Å². The highest BCUT2D eigenvalue weighted by atomic mass is 16.5. The van der Waals surface area contributed by atoms with Crippen molar-refractivity contribution in [3.8, 4) is 5.88 Å². The molecule has 0 bridgehead atoms. The molecular weight excluding hydrogens is 238 g/mol. The minimum absolute atomic E-state index is 0.254. The molecule has 0 radical (unpaired) electrons. The largest absolute Gasteiger partial charge is 0.480 e. The Morgan fingerprint density at radius 3 is 2.68 bits per heavy atom. The summed E-state index contributed by atoms with van der Waals surface area (Å²) in [5.41, 5.74) is 9.34. The number of ether oxygens (including phenoxy) is 1. The lowest BCUT2D eigenvalue weighted by atomic mass is 10.00. The predicted octanol–water partition coefficient (Wildman–Crippen LogP) is 2.49. The van der Waals surface area contributed by atoms with Crippen molar-refractivity contribution in [1.29, 1.82) is 0 Å². The molecular formula is C15H19N3O. The van der Waals surface area contributed by atoms with Gasteiger partial charge in [0, 0.05) is 6.07 Å². The molecule has 0 aliphatic heterocycles. The summed E-state index contributed by atoms with van der Waals surface area (Å²) >= 11 is 0. The summed E-state index contributed by atoms with van der Waals surface area (Å²) in [6, 6.07) is 11.7. The third-order valence-corrected chi connectivity index (χ3v) is 3.04. The Bertz CT molecular complexity index is 525. The van der Waals surface area contributed by atoms with Gasteiger partial charge in [-0.1, -0.05) is 37.6 Å². The van der Waals surface area contributed by atoms with Crippen molar-refractivity contribution in [3.05, 3.63) is 53.2 Å². The highest BCUT2D eigenvalue weighted by Crippen LogP contribution is 2.20. The Hall–Kier alpha value is -1.94. The summed E-state index contributed by atoms with van der Waals surface area (Å²) in [4.78, 5) is 0. The van der Waals surface area contributed by atoms with Crippen LogP contribution in [0.1, 0.15) is 36.2 Å². The average molecular weight is 257 g/mol. The molecule has 0 aliphatic carbocycles. The van der Waals surface area contributed by atoms with Crippen LogP contribution in [0.4, 0.5) is 0 Å². The molecule has 2 N–H and O–H groups in total. The van der Waals surface area contributed by atoms with Gasteiger partial charge in [0.15, 0.2) is 0 Å². The second-order valence-corrected chi connectivity index (χ2v) is 4.47. The Kier molecular flexibility index (Phi) is 4.47. The zero-order valence-electron chi connectivity index (χ0n) is 11.3. The summed E-state index contributed by atoms with van der Waals surface area (Å²) < 4.78 is 4.99. The average Bonchev–Trinajstić information content (AvgIpc) is 2.47. The molecule has 2 rings (SSSR count). The fraction of sp³-hybridized carbons (Fsp3) is 0.333. The van der Waals surface area contributed by atoms with Gasteiger partial charge in [-0.05, 0) is 23.6 Å². The fourth-order valence-corrected chi connectivity index (χ4v) is 2.01. The first-order chi connectivity index (χ1) is 9.24. The van der Waals surface area contributed by atoms with E-state index in [2.05, 4.69) is 29.3 Å². The number of nitrogens with two attached hydrogens (primary N) is 1. The van der Waals surface area contributed by atoms with Crippen LogP contribution in [-0.2, 0) is 6.42 Å². The number of aromatic nitrogens is 2. The zero-order valence-corrected chi connectivity index (χ0v) is 11.3. The molecule has 0 saturated carbocycles. The molecule has 1 aromatic heterocycles. The molecule has 19 heavy (non-hydrogen) atoms. The standard InChI is InChI=1S/C15H19N3O/c1-3-5-11-6-4-7-12(10-11)15(16)13-8-9-14(19-2)18-17-13/h4,6-10,15H,3,5,16H2,1-2H3. The van der Waals surface area contributed by atoms with E-state index < -0.39 is 0 Å². The van der Waals surface area contributed by atoms with Gasteiger partial charge in [0.1, 0.15) is 0 Å². The number of benzene rings is 1. The predicted molar refractivity (Wildman–Crippen MR) is 75.1 cm³/mol. The number of nitrogens with zero attached hydrogens (tertiary/aromatic N) is 2. The molecule has 100 valence electrons. The normalized spacial score (nSPS) is 12.2. The van der Waals surface area contributed by atoms with Crippen LogP contribution in [0.15, 0.2) is 36.4 Å². The summed E-state index contributed by atoms with van der Waals surface area (Å²) in [6.45, 7) is 2.17. The maximum Gasteiger partial charge on any atom is 0.233 e. The number of methoxy groups -OCH3 is 1. The van der Waals surface area contributed by atoms with E-state index in [4.69, 9.17) is 10.5 Å². The maximum atomic E-state index is 6.23. The van der Waals surface area contributed by atoms with Crippen molar-refractivity contribution >= 4 is 0 Å². The third-order valence-electron chi connectivity index (χ3n) is 3.04. The van der Waals surface area contributed by atoms with E-state index in [0.29, 0.717) is 5.88 Å². The smallest absolute Gasteiger partial charge is 0.233 e. The minimum atomic E-state index is -0.254. The molecule has 1 unspecified atom stereocenters. The summed E-state index contributed by atoms with van der Waals surface area (Å²) in [6.07, 6.45) is 2.19. The highest BCUT2D eigenvalue weighted by Gasteiger charge is 2.11.